The van der Waals surface area contributed by atoms with E-state index < -0.39 is 0 Å². The Morgan fingerprint density at radius 2 is 1.96 bits per heavy atom. The second kappa shape index (κ2) is 6.95. The molecule has 6 heteroatoms. The lowest BCUT2D eigenvalue weighted by Gasteiger charge is -2.12. The molecule has 0 saturated heterocycles. The van der Waals surface area contributed by atoms with Gasteiger partial charge in [0.2, 0.25) is 0 Å². The van der Waals surface area contributed by atoms with E-state index in [0.717, 1.165) is 5.56 Å². The van der Waals surface area contributed by atoms with Gasteiger partial charge in [0.05, 0.1) is 12.5 Å². The number of hydrogen-bond donors (Lipinski definition) is 1. The van der Waals surface area contributed by atoms with Crippen molar-refractivity contribution >= 4 is 11.7 Å². The van der Waals surface area contributed by atoms with E-state index in [1.807, 2.05) is 0 Å². The number of Topliss-reactive ketones (excluding diaryl/α,β-unsaturated/α-hetero) is 1. The fraction of sp³-hybridized carbons (Fsp3) is 0.167. The second-order valence-corrected chi connectivity index (χ2v) is 5.42. The van der Waals surface area contributed by atoms with E-state index in [4.69, 9.17) is 8.83 Å². The zero-order valence-corrected chi connectivity index (χ0v) is 13.1. The summed E-state index contributed by atoms with van der Waals surface area (Å²) in [5, 5.41) is 2.81. The minimum Gasteiger partial charge on any atom is -0.461 e. The summed E-state index contributed by atoms with van der Waals surface area (Å²) in [4.78, 5) is 28.0. The summed E-state index contributed by atoms with van der Waals surface area (Å²) < 4.78 is 10.3. The molecule has 0 bridgehead atoms. The third-order valence-corrected chi connectivity index (χ3v) is 3.53. The summed E-state index contributed by atoms with van der Waals surface area (Å²) in [6.45, 7) is 1.78. The van der Waals surface area contributed by atoms with E-state index >= 15 is 0 Å². The number of amides is 1. The van der Waals surface area contributed by atoms with Crippen molar-refractivity contribution in [1.29, 1.82) is 0 Å². The monoisotopic (exact) mass is 324 g/mol. The van der Waals surface area contributed by atoms with Crippen molar-refractivity contribution in [2.45, 2.75) is 19.4 Å². The first kappa shape index (κ1) is 15.7. The van der Waals surface area contributed by atoms with Gasteiger partial charge in [0.25, 0.3) is 5.91 Å². The van der Waals surface area contributed by atoms with Crippen LogP contribution in [0.5, 0.6) is 0 Å². The van der Waals surface area contributed by atoms with Crippen molar-refractivity contribution in [3.8, 4) is 11.3 Å². The van der Waals surface area contributed by atoms with Gasteiger partial charge in [-0.05, 0) is 31.2 Å². The fourth-order valence-electron chi connectivity index (χ4n) is 2.32. The Morgan fingerprint density at radius 1 is 1.17 bits per heavy atom. The van der Waals surface area contributed by atoms with Crippen LogP contribution >= 0.6 is 0 Å². The topological polar surface area (TPSA) is 85.3 Å². The van der Waals surface area contributed by atoms with Gasteiger partial charge in [-0.15, -0.1) is 0 Å². The standard InChI is InChI=1S/C18H16N2O4/c1-12(9-15(21)16-3-2-8-23-16)20-18(22)14-6-4-13(5-7-14)17-10-19-11-24-17/h2-8,10-12H,9H2,1H3,(H,20,22). The molecular formula is C18H16N2O4. The van der Waals surface area contributed by atoms with Crippen LogP contribution < -0.4 is 5.32 Å². The van der Waals surface area contributed by atoms with Gasteiger partial charge in [-0.3, -0.25) is 9.59 Å². The molecule has 3 aromatic rings. The minimum absolute atomic E-state index is 0.145. The van der Waals surface area contributed by atoms with E-state index in [-0.39, 0.29) is 24.2 Å². The molecule has 1 unspecified atom stereocenters. The van der Waals surface area contributed by atoms with Crippen LogP contribution in [-0.2, 0) is 0 Å². The van der Waals surface area contributed by atoms with Crippen LogP contribution in [0.25, 0.3) is 11.3 Å². The van der Waals surface area contributed by atoms with E-state index in [0.29, 0.717) is 17.1 Å². The summed E-state index contributed by atoms with van der Waals surface area (Å²) in [7, 11) is 0. The number of carbonyl (C=O) groups is 2. The van der Waals surface area contributed by atoms with E-state index in [1.165, 1.54) is 12.7 Å². The average molecular weight is 324 g/mol. The molecule has 2 aromatic heterocycles. The van der Waals surface area contributed by atoms with Crippen LogP contribution in [0.3, 0.4) is 0 Å². The van der Waals surface area contributed by atoms with Crippen molar-refractivity contribution < 1.29 is 18.4 Å². The molecule has 122 valence electrons. The van der Waals surface area contributed by atoms with Gasteiger partial charge in [0.1, 0.15) is 0 Å². The Labute approximate surface area is 138 Å². The first-order chi connectivity index (χ1) is 11.6. The van der Waals surface area contributed by atoms with Crippen LogP contribution in [0.2, 0.25) is 0 Å². The van der Waals surface area contributed by atoms with Crippen molar-refractivity contribution in [1.82, 2.24) is 10.3 Å². The summed E-state index contributed by atoms with van der Waals surface area (Å²) in [5.74, 6) is 0.555. The van der Waals surface area contributed by atoms with Gasteiger partial charge in [0.15, 0.2) is 23.7 Å². The largest absolute Gasteiger partial charge is 0.461 e. The summed E-state index contributed by atoms with van der Waals surface area (Å²) in [6, 6.07) is 9.94. The third kappa shape index (κ3) is 3.60. The van der Waals surface area contributed by atoms with Crippen molar-refractivity contribution in [2.75, 3.05) is 0 Å². The molecule has 2 heterocycles. The molecular weight excluding hydrogens is 308 g/mol. The number of ketones is 1. The quantitative estimate of drug-likeness (QED) is 0.703. The van der Waals surface area contributed by atoms with Crippen LogP contribution in [0.15, 0.2) is 64.1 Å². The number of aromatic nitrogens is 1. The molecule has 0 spiro atoms. The molecule has 3 rings (SSSR count). The van der Waals surface area contributed by atoms with Crippen LogP contribution in [0, 0.1) is 0 Å². The number of oxazole rings is 1. The van der Waals surface area contributed by atoms with Gasteiger partial charge in [-0.1, -0.05) is 12.1 Å². The van der Waals surface area contributed by atoms with E-state index in [2.05, 4.69) is 10.3 Å². The Kier molecular flexibility index (Phi) is 4.56. The highest BCUT2D eigenvalue weighted by molar-refractivity contribution is 5.96. The Bertz CT molecular complexity index is 805. The number of nitrogens with one attached hydrogen (secondary N) is 1. The molecule has 0 fully saturated rings. The van der Waals surface area contributed by atoms with Crippen LogP contribution in [0.4, 0.5) is 0 Å². The molecule has 0 aliphatic heterocycles. The zero-order valence-electron chi connectivity index (χ0n) is 13.1. The van der Waals surface area contributed by atoms with Gasteiger partial charge >= 0.3 is 0 Å². The maximum Gasteiger partial charge on any atom is 0.251 e. The first-order valence-electron chi connectivity index (χ1n) is 7.50. The van der Waals surface area contributed by atoms with Crippen molar-refractivity contribution in [2.24, 2.45) is 0 Å². The number of benzene rings is 1. The number of nitrogens with zero attached hydrogens (tertiary/aromatic N) is 1. The summed E-state index contributed by atoms with van der Waals surface area (Å²) in [6.07, 6.45) is 4.59. The van der Waals surface area contributed by atoms with Crippen molar-refractivity contribution in [3.63, 3.8) is 0 Å². The Morgan fingerprint density at radius 3 is 2.58 bits per heavy atom. The highest BCUT2D eigenvalue weighted by atomic mass is 16.3. The number of carbonyl (C=O) groups excluding carboxylic acids is 2. The lowest BCUT2D eigenvalue weighted by molar-refractivity contribution is 0.0907. The molecule has 24 heavy (non-hydrogen) atoms. The molecule has 0 aliphatic carbocycles. The molecule has 1 atom stereocenters. The van der Waals surface area contributed by atoms with Crippen LogP contribution in [-0.4, -0.2) is 22.7 Å². The predicted octanol–water partition coefficient (Wildman–Crippen LogP) is 3.33. The minimum atomic E-state index is -0.302. The maximum atomic E-state index is 12.2. The van der Waals surface area contributed by atoms with Crippen molar-refractivity contribution in [3.05, 3.63) is 66.6 Å². The number of rotatable bonds is 6. The molecule has 6 nitrogen and oxygen atoms in total. The summed E-state index contributed by atoms with van der Waals surface area (Å²) in [5.41, 5.74) is 1.35. The predicted molar refractivity (Wildman–Crippen MR) is 86.5 cm³/mol. The Balaban J connectivity index is 1.59. The molecule has 0 saturated carbocycles. The van der Waals surface area contributed by atoms with Gasteiger partial charge < -0.3 is 14.2 Å². The SMILES string of the molecule is CC(CC(=O)c1ccco1)NC(=O)c1ccc(-c2cnco2)cc1. The highest BCUT2D eigenvalue weighted by Gasteiger charge is 2.16. The van der Waals surface area contributed by atoms with E-state index in [1.54, 1.807) is 49.5 Å². The molecule has 1 aromatic carbocycles. The maximum absolute atomic E-state index is 12.2. The van der Waals surface area contributed by atoms with Gasteiger partial charge in [-0.2, -0.15) is 0 Å². The van der Waals surface area contributed by atoms with Gasteiger partial charge in [-0.25, -0.2) is 4.98 Å². The normalized spacial score (nSPS) is 11.9. The molecule has 0 aliphatic rings. The fourth-order valence-corrected chi connectivity index (χ4v) is 2.32. The number of hydrogen-bond acceptors (Lipinski definition) is 5. The smallest absolute Gasteiger partial charge is 0.251 e. The average Bonchev–Trinajstić information content (AvgIpc) is 3.28. The zero-order chi connectivity index (χ0) is 16.9. The first-order valence-corrected chi connectivity index (χ1v) is 7.50. The second-order valence-electron chi connectivity index (χ2n) is 5.42. The highest BCUT2D eigenvalue weighted by Crippen LogP contribution is 2.19. The van der Waals surface area contributed by atoms with Crippen LogP contribution in [0.1, 0.15) is 34.3 Å². The third-order valence-electron chi connectivity index (χ3n) is 3.53. The molecule has 1 amide bonds. The number of furan rings is 1. The summed E-state index contributed by atoms with van der Waals surface area (Å²) >= 11 is 0. The van der Waals surface area contributed by atoms with Gasteiger partial charge in [0, 0.05) is 23.6 Å². The lowest BCUT2D eigenvalue weighted by atomic mass is 10.1. The molecule has 1 N–H and O–H groups in total. The molecule has 0 radical (unpaired) electrons. The lowest BCUT2D eigenvalue weighted by Crippen LogP contribution is -2.34. The Hall–Kier alpha value is -3.15. The van der Waals surface area contributed by atoms with E-state index in [9.17, 15) is 9.59 Å².